The number of rotatable bonds is 8. The minimum absolute atomic E-state index is 0.0972. The van der Waals surface area contributed by atoms with Crippen LogP contribution in [0.1, 0.15) is 5.56 Å². The van der Waals surface area contributed by atoms with E-state index in [0.717, 1.165) is 49.9 Å². The standard InChI is InChI=1S/C17H25ClN2O2/c18-17(14-16-4-2-1-3-5-16)15-20-8-6-19(7-9-20)10-12-22-13-11-21/h1-5,14,21H,6-13,15H2/b17-14-. The maximum absolute atomic E-state index is 8.66. The van der Waals surface area contributed by atoms with Crippen LogP contribution >= 0.6 is 11.6 Å². The van der Waals surface area contributed by atoms with Gasteiger partial charge in [0, 0.05) is 44.3 Å². The van der Waals surface area contributed by atoms with Crippen LogP contribution in [0, 0.1) is 0 Å². The van der Waals surface area contributed by atoms with Crippen molar-refractivity contribution in [2.24, 2.45) is 0 Å². The second-order valence-electron chi connectivity index (χ2n) is 5.46. The van der Waals surface area contributed by atoms with E-state index in [0.29, 0.717) is 13.2 Å². The summed E-state index contributed by atoms with van der Waals surface area (Å²) in [5.41, 5.74) is 1.15. The van der Waals surface area contributed by atoms with E-state index in [1.807, 2.05) is 24.3 Å². The molecule has 1 fully saturated rings. The number of aliphatic hydroxyl groups excluding tert-OH is 1. The molecule has 1 aliphatic heterocycles. The molecule has 1 aromatic rings. The van der Waals surface area contributed by atoms with Crippen LogP contribution < -0.4 is 0 Å². The average Bonchev–Trinajstić information content (AvgIpc) is 2.54. The molecule has 1 saturated heterocycles. The van der Waals surface area contributed by atoms with Crippen LogP contribution in [0.4, 0.5) is 0 Å². The van der Waals surface area contributed by atoms with E-state index < -0.39 is 0 Å². The van der Waals surface area contributed by atoms with E-state index in [1.165, 1.54) is 0 Å². The minimum atomic E-state index is 0.0972. The summed E-state index contributed by atoms with van der Waals surface area (Å²) in [4.78, 5) is 4.77. The van der Waals surface area contributed by atoms with Crippen molar-refractivity contribution in [3.05, 3.63) is 40.9 Å². The number of piperazine rings is 1. The highest BCUT2D eigenvalue weighted by molar-refractivity contribution is 6.31. The fourth-order valence-corrected chi connectivity index (χ4v) is 2.82. The summed E-state index contributed by atoms with van der Waals surface area (Å²) in [7, 11) is 0. The van der Waals surface area contributed by atoms with Gasteiger partial charge in [-0.1, -0.05) is 41.9 Å². The minimum Gasteiger partial charge on any atom is -0.394 e. The van der Waals surface area contributed by atoms with Crippen molar-refractivity contribution < 1.29 is 9.84 Å². The predicted octanol–water partition coefficient (Wildman–Crippen LogP) is 1.89. The molecule has 22 heavy (non-hydrogen) atoms. The lowest BCUT2D eigenvalue weighted by molar-refractivity contribution is 0.0593. The Morgan fingerprint density at radius 2 is 1.77 bits per heavy atom. The molecule has 0 atom stereocenters. The van der Waals surface area contributed by atoms with Crippen LogP contribution in [-0.2, 0) is 4.74 Å². The summed E-state index contributed by atoms with van der Waals surface area (Å²) in [6.07, 6.45) is 2.04. The number of nitrogens with zero attached hydrogens (tertiary/aromatic N) is 2. The van der Waals surface area contributed by atoms with Crippen LogP contribution in [0.5, 0.6) is 0 Å². The van der Waals surface area contributed by atoms with E-state index in [9.17, 15) is 0 Å². The molecule has 1 heterocycles. The molecule has 5 heteroatoms. The first-order valence-electron chi connectivity index (χ1n) is 7.82. The van der Waals surface area contributed by atoms with E-state index in [2.05, 4.69) is 21.9 Å². The van der Waals surface area contributed by atoms with E-state index in [-0.39, 0.29) is 6.61 Å². The normalized spacial score (nSPS) is 17.8. The van der Waals surface area contributed by atoms with Crippen LogP contribution in [0.2, 0.25) is 0 Å². The largest absolute Gasteiger partial charge is 0.394 e. The van der Waals surface area contributed by atoms with Gasteiger partial charge in [0.2, 0.25) is 0 Å². The van der Waals surface area contributed by atoms with Gasteiger partial charge in [-0.05, 0) is 11.6 Å². The fourth-order valence-electron chi connectivity index (χ4n) is 2.52. The van der Waals surface area contributed by atoms with Gasteiger partial charge in [-0.2, -0.15) is 0 Å². The first kappa shape index (κ1) is 17.4. The topological polar surface area (TPSA) is 35.9 Å². The number of aliphatic hydroxyl groups is 1. The van der Waals surface area contributed by atoms with Crippen molar-refractivity contribution in [2.45, 2.75) is 0 Å². The highest BCUT2D eigenvalue weighted by Gasteiger charge is 2.16. The second kappa shape index (κ2) is 9.98. The average molecular weight is 325 g/mol. The molecule has 1 aliphatic rings. The Bertz CT molecular complexity index is 445. The summed E-state index contributed by atoms with van der Waals surface area (Å²) in [5, 5.41) is 9.54. The summed E-state index contributed by atoms with van der Waals surface area (Å²) >= 11 is 6.37. The van der Waals surface area contributed by atoms with Crippen molar-refractivity contribution in [3.8, 4) is 0 Å². The van der Waals surface area contributed by atoms with Crippen molar-refractivity contribution in [1.82, 2.24) is 9.80 Å². The van der Waals surface area contributed by atoms with Crippen LogP contribution in [-0.4, -0.2) is 74.0 Å². The molecular formula is C17H25ClN2O2. The summed E-state index contributed by atoms with van der Waals surface area (Å²) in [6, 6.07) is 10.2. The maximum Gasteiger partial charge on any atom is 0.0698 e. The highest BCUT2D eigenvalue weighted by atomic mass is 35.5. The van der Waals surface area contributed by atoms with E-state index >= 15 is 0 Å². The first-order valence-corrected chi connectivity index (χ1v) is 8.20. The molecule has 0 spiro atoms. The molecule has 1 aromatic carbocycles. The zero-order valence-electron chi connectivity index (χ0n) is 13.0. The van der Waals surface area contributed by atoms with Gasteiger partial charge in [-0.15, -0.1) is 0 Å². The third kappa shape index (κ3) is 6.46. The zero-order chi connectivity index (χ0) is 15.6. The molecule has 0 aromatic heterocycles. The van der Waals surface area contributed by atoms with Crippen molar-refractivity contribution in [3.63, 3.8) is 0 Å². The maximum atomic E-state index is 8.66. The molecule has 0 saturated carbocycles. The molecular weight excluding hydrogens is 300 g/mol. The third-order valence-corrected chi connectivity index (χ3v) is 3.98. The van der Waals surface area contributed by atoms with Crippen LogP contribution in [0.3, 0.4) is 0 Å². The molecule has 0 amide bonds. The molecule has 1 N–H and O–H groups in total. The van der Waals surface area contributed by atoms with E-state index in [1.54, 1.807) is 0 Å². The Kier molecular flexibility index (Phi) is 7.91. The fraction of sp³-hybridized carbons (Fsp3) is 0.529. The predicted molar refractivity (Wildman–Crippen MR) is 91.1 cm³/mol. The molecule has 4 nitrogen and oxygen atoms in total. The Labute approximate surface area is 137 Å². The molecule has 2 rings (SSSR count). The second-order valence-corrected chi connectivity index (χ2v) is 5.94. The van der Waals surface area contributed by atoms with Crippen molar-refractivity contribution in [1.29, 1.82) is 0 Å². The third-order valence-electron chi connectivity index (χ3n) is 3.75. The molecule has 122 valence electrons. The van der Waals surface area contributed by atoms with Gasteiger partial charge >= 0.3 is 0 Å². The Morgan fingerprint density at radius 3 is 2.45 bits per heavy atom. The number of hydrogen-bond acceptors (Lipinski definition) is 4. The SMILES string of the molecule is OCCOCCN1CCN(C/C(Cl)=C/c2ccccc2)CC1. The Hall–Kier alpha value is -0.910. The van der Waals surface area contributed by atoms with Gasteiger partial charge in [0.25, 0.3) is 0 Å². The molecule has 0 radical (unpaired) electrons. The molecule has 0 unspecified atom stereocenters. The van der Waals surface area contributed by atoms with Gasteiger partial charge in [-0.3, -0.25) is 9.80 Å². The van der Waals surface area contributed by atoms with Crippen LogP contribution in [0.15, 0.2) is 35.4 Å². The van der Waals surface area contributed by atoms with E-state index in [4.69, 9.17) is 21.4 Å². The molecule has 0 aliphatic carbocycles. The zero-order valence-corrected chi connectivity index (χ0v) is 13.7. The lowest BCUT2D eigenvalue weighted by Crippen LogP contribution is -2.47. The van der Waals surface area contributed by atoms with Crippen LogP contribution in [0.25, 0.3) is 6.08 Å². The van der Waals surface area contributed by atoms with Gasteiger partial charge in [-0.25, -0.2) is 0 Å². The number of halogens is 1. The lowest BCUT2D eigenvalue weighted by Gasteiger charge is -2.34. The number of ether oxygens (including phenoxy) is 1. The van der Waals surface area contributed by atoms with Gasteiger partial charge in [0.15, 0.2) is 0 Å². The van der Waals surface area contributed by atoms with Crippen molar-refractivity contribution in [2.75, 3.05) is 59.1 Å². The number of hydrogen-bond donors (Lipinski definition) is 1. The summed E-state index contributed by atoms with van der Waals surface area (Å²) < 4.78 is 5.31. The lowest BCUT2D eigenvalue weighted by atomic mass is 10.2. The van der Waals surface area contributed by atoms with Crippen molar-refractivity contribution >= 4 is 17.7 Å². The number of benzene rings is 1. The first-order chi connectivity index (χ1) is 10.8. The monoisotopic (exact) mass is 324 g/mol. The Morgan fingerprint density at radius 1 is 1.09 bits per heavy atom. The quantitative estimate of drug-likeness (QED) is 0.741. The van der Waals surface area contributed by atoms with Gasteiger partial charge in [0.1, 0.15) is 0 Å². The summed E-state index contributed by atoms with van der Waals surface area (Å²) in [5.74, 6) is 0. The van der Waals surface area contributed by atoms with Gasteiger partial charge < -0.3 is 9.84 Å². The smallest absolute Gasteiger partial charge is 0.0698 e. The molecule has 0 bridgehead atoms. The highest BCUT2D eigenvalue weighted by Crippen LogP contribution is 2.13. The Balaban J connectivity index is 1.67. The van der Waals surface area contributed by atoms with Gasteiger partial charge in [0.05, 0.1) is 19.8 Å². The summed E-state index contributed by atoms with van der Waals surface area (Å²) in [6.45, 7) is 7.09.